The number of carbonyl (C=O) groups excluding carboxylic acids is 2. The standard InChI is InChI=1S/C11H16N2O2/c1-10(2)4-5-11(3,13-8-15)9(6-10)12-7-14/h9H,4-6H2,1-3H3. The molecular formula is C11H16N2O2. The molecule has 0 amide bonds. The van der Waals surface area contributed by atoms with E-state index in [1.807, 2.05) is 6.92 Å². The fourth-order valence-electron chi connectivity index (χ4n) is 2.09. The number of hydrogen-bond acceptors (Lipinski definition) is 4. The van der Waals surface area contributed by atoms with E-state index in [4.69, 9.17) is 0 Å². The van der Waals surface area contributed by atoms with Crippen molar-refractivity contribution in [3.63, 3.8) is 0 Å². The summed E-state index contributed by atoms with van der Waals surface area (Å²) in [5, 5.41) is 0. The Bertz CT molecular complexity index is 338. The van der Waals surface area contributed by atoms with Crippen LogP contribution in [0.15, 0.2) is 9.98 Å². The Balaban J connectivity index is 2.99. The molecule has 0 aromatic rings. The van der Waals surface area contributed by atoms with Crippen LogP contribution in [0.2, 0.25) is 0 Å². The van der Waals surface area contributed by atoms with Crippen LogP contribution < -0.4 is 0 Å². The van der Waals surface area contributed by atoms with E-state index in [0.717, 1.165) is 19.3 Å². The van der Waals surface area contributed by atoms with Gasteiger partial charge in [0, 0.05) is 0 Å². The zero-order valence-corrected chi connectivity index (χ0v) is 9.41. The van der Waals surface area contributed by atoms with Gasteiger partial charge >= 0.3 is 0 Å². The van der Waals surface area contributed by atoms with Crippen molar-refractivity contribution in [2.45, 2.75) is 51.6 Å². The Kier molecular flexibility index (Phi) is 3.23. The summed E-state index contributed by atoms with van der Waals surface area (Å²) in [6.07, 6.45) is 5.63. The molecule has 1 fully saturated rings. The summed E-state index contributed by atoms with van der Waals surface area (Å²) in [7, 11) is 0. The molecule has 0 aromatic carbocycles. The third-order valence-corrected chi connectivity index (χ3v) is 3.28. The molecule has 15 heavy (non-hydrogen) atoms. The van der Waals surface area contributed by atoms with Gasteiger partial charge in [-0.1, -0.05) is 13.8 Å². The van der Waals surface area contributed by atoms with Crippen LogP contribution in [0.25, 0.3) is 0 Å². The van der Waals surface area contributed by atoms with E-state index in [9.17, 15) is 9.59 Å². The summed E-state index contributed by atoms with van der Waals surface area (Å²) >= 11 is 0. The average Bonchev–Trinajstić information content (AvgIpc) is 2.13. The lowest BCUT2D eigenvalue weighted by atomic mass is 9.67. The molecule has 1 aliphatic carbocycles. The largest absolute Gasteiger partial charge is 0.235 e. The first-order valence-electron chi connectivity index (χ1n) is 5.09. The van der Waals surface area contributed by atoms with E-state index in [-0.39, 0.29) is 11.5 Å². The molecule has 0 aliphatic heterocycles. The molecule has 4 heteroatoms. The minimum atomic E-state index is -0.575. The van der Waals surface area contributed by atoms with Crippen molar-refractivity contribution in [3.8, 4) is 0 Å². The quantitative estimate of drug-likeness (QED) is 0.514. The second kappa shape index (κ2) is 4.09. The third kappa shape index (κ3) is 2.62. The first kappa shape index (κ1) is 11.8. The van der Waals surface area contributed by atoms with Crippen LogP contribution >= 0.6 is 0 Å². The Hall–Kier alpha value is -1.24. The molecule has 1 rings (SSSR count). The maximum atomic E-state index is 10.4. The lowest BCUT2D eigenvalue weighted by Crippen LogP contribution is -2.44. The van der Waals surface area contributed by atoms with Crippen LogP contribution in [0.3, 0.4) is 0 Å². The van der Waals surface area contributed by atoms with Gasteiger partial charge in [0.2, 0.25) is 12.2 Å². The Morgan fingerprint density at radius 2 is 1.80 bits per heavy atom. The number of nitrogens with zero attached hydrogens (tertiary/aromatic N) is 2. The molecule has 0 spiro atoms. The van der Waals surface area contributed by atoms with E-state index < -0.39 is 5.54 Å². The first-order chi connectivity index (χ1) is 6.93. The van der Waals surface area contributed by atoms with Gasteiger partial charge in [0.05, 0.1) is 11.6 Å². The summed E-state index contributed by atoms with van der Waals surface area (Å²) in [6, 6.07) is -0.250. The lowest BCUT2D eigenvalue weighted by molar-refractivity contribution is 0.151. The Morgan fingerprint density at radius 3 is 2.33 bits per heavy atom. The number of aliphatic imine (C=N–C) groups is 2. The number of rotatable bonds is 2. The smallest absolute Gasteiger partial charge is 0.211 e. The summed E-state index contributed by atoms with van der Waals surface area (Å²) in [4.78, 5) is 28.3. The van der Waals surface area contributed by atoms with Crippen LogP contribution in [0.5, 0.6) is 0 Å². The zero-order chi connectivity index (χ0) is 11.5. The van der Waals surface area contributed by atoms with Crippen LogP contribution in [0.4, 0.5) is 0 Å². The van der Waals surface area contributed by atoms with Gasteiger partial charge in [0.1, 0.15) is 0 Å². The van der Waals surface area contributed by atoms with Crippen molar-refractivity contribution in [3.05, 3.63) is 0 Å². The van der Waals surface area contributed by atoms with Crippen molar-refractivity contribution >= 4 is 12.2 Å². The summed E-state index contributed by atoms with van der Waals surface area (Å²) in [5.74, 6) is 0. The van der Waals surface area contributed by atoms with Crippen LogP contribution in [0, 0.1) is 5.41 Å². The van der Waals surface area contributed by atoms with Crippen molar-refractivity contribution in [1.29, 1.82) is 0 Å². The van der Waals surface area contributed by atoms with E-state index in [1.165, 1.54) is 0 Å². The van der Waals surface area contributed by atoms with Gasteiger partial charge in [-0.25, -0.2) is 9.59 Å². The molecule has 0 heterocycles. The average molecular weight is 208 g/mol. The highest BCUT2D eigenvalue weighted by Gasteiger charge is 2.43. The topological polar surface area (TPSA) is 58.9 Å². The number of hydrogen-bond donors (Lipinski definition) is 0. The maximum absolute atomic E-state index is 10.4. The minimum Gasteiger partial charge on any atom is -0.211 e. The molecule has 2 atom stereocenters. The molecule has 0 aromatic heterocycles. The molecular weight excluding hydrogens is 192 g/mol. The second-order valence-corrected chi connectivity index (χ2v) is 5.16. The molecule has 4 nitrogen and oxygen atoms in total. The van der Waals surface area contributed by atoms with Gasteiger partial charge in [-0.15, -0.1) is 0 Å². The van der Waals surface area contributed by atoms with Crippen LogP contribution in [-0.4, -0.2) is 23.7 Å². The van der Waals surface area contributed by atoms with E-state index >= 15 is 0 Å². The van der Waals surface area contributed by atoms with Crippen molar-refractivity contribution < 1.29 is 9.59 Å². The highest BCUT2D eigenvalue weighted by Crippen LogP contribution is 2.43. The normalized spacial score (nSPS) is 33.7. The highest BCUT2D eigenvalue weighted by atomic mass is 16.1. The number of isocyanates is 2. The van der Waals surface area contributed by atoms with Crippen molar-refractivity contribution in [1.82, 2.24) is 0 Å². The molecule has 0 bridgehead atoms. The predicted octanol–water partition coefficient (Wildman–Crippen LogP) is 2.00. The first-order valence-corrected chi connectivity index (χ1v) is 5.09. The minimum absolute atomic E-state index is 0.142. The molecule has 0 radical (unpaired) electrons. The maximum Gasteiger partial charge on any atom is 0.235 e. The monoisotopic (exact) mass is 208 g/mol. The predicted molar refractivity (Wildman–Crippen MR) is 56.1 cm³/mol. The van der Waals surface area contributed by atoms with E-state index in [2.05, 4.69) is 23.8 Å². The molecule has 2 unspecified atom stereocenters. The molecule has 1 aliphatic rings. The fourth-order valence-corrected chi connectivity index (χ4v) is 2.09. The van der Waals surface area contributed by atoms with Gasteiger partial charge in [-0.2, -0.15) is 9.98 Å². The third-order valence-electron chi connectivity index (χ3n) is 3.28. The van der Waals surface area contributed by atoms with Crippen LogP contribution in [0.1, 0.15) is 40.0 Å². The Morgan fingerprint density at radius 1 is 1.13 bits per heavy atom. The van der Waals surface area contributed by atoms with Gasteiger partial charge < -0.3 is 0 Å². The molecule has 1 saturated carbocycles. The second-order valence-electron chi connectivity index (χ2n) is 5.16. The summed E-state index contributed by atoms with van der Waals surface area (Å²) < 4.78 is 0. The fraction of sp³-hybridized carbons (Fsp3) is 0.818. The molecule has 0 N–H and O–H groups in total. The molecule has 0 saturated heterocycles. The van der Waals surface area contributed by atoms with Gasteiger partial charge in [0.25, 0.3) is 0 Å². The van der Waals surface area contributed by atoms with Crippen molar-refractivity contribution in [2.75, 3.05) is 0 Å². The van der Waals surface area contributed by atoms with E-state index in [1.54, 1.807) is 12.2 Å². The highest BCUT2D eigenvalue weighted by molar-refractivity contribution is 5.38. The summed E-state index contributed by atoms with van der Waals surface area (Å²) in [6.45, 7) is 6.10. The summed E-state index contributed by atoms with van der Waals surface area (Å²) in [5.41, 5.74) is -0.433. The molecule has 82 valence electrons. The van der Waals surface area contributed by atoms with Crippen molar-refractivity contribution in [2.24, 2.45) is 15.4 Å². The van der Waals surface area contributed by atoms with Gasteiger partial charge in [0.15, 0.2) is 0 Å². The lowest BCUT2D eigenvalue weighted by Gasteiger charge is -2.42. The van der Waals surface area contributed by atoms with Gasteiger partial charge in [-0.05, 0) is 31.6 Å². The SMILES string of the molecule is CC1(C)CCC(C)(N=C=O)C(N=C=O)C1. The van der Waals surface area contributed by atoms with Gasteiger partial charge in [-0.3, -0.25) is 0 Å². The van der Waals surface area contributed by atoms with E-state index in [0.29, 0.717) is 0 Å². The Labute approximate surface area is 89.5 Å². The van der Waals surface area contributed by atoms with Crippen LogP contribution in [-0.2, 0) is 9.59 Å². The zero-order valence-electron chi connectivity index (χ0n) is 9.41.